The second kappa shape index (κ2) is 4.59. The topological polar surface area (TPSA) is 40.9 Å². The zero-order valence-corrected chi connectivity index (χ0v) is 9.29. The maximum atomic E-state index is 11.9. The average Bonchev–Trinajstić information content (AvgIpc) is 2.94. The summed E-state index contributed by atoms with van der Waals surface area (Å²) in [5.74, 6) is 0.910. The van der Waals surface area contributed by atoms with Gasteiger partial charge in [0, 0.05) is 5.92 Å². The van der Waals surface area contributed by atoms with Crippen LogP contribution in [0.5, 0.6) is 0 Å². The minimum absolute atomic E-state index is 0.110. The molecule has 0 amide bonds. The molecule has 0 heterocycles. The van der Waals surface area contributed by atoms with Crippen molar-refractivity contribution in [2.24, 2.45) is 23.7 Å². The van der Waals surface area contributed by atoms with Crippen LogP contribution in [-0.4, -0.2) is 5.78 Å². The van der Waals surface area contributed by atoms with E-state index >= 15 is 0 Å². The normalized spacial score (nSPS) is 20.2. The molecular weight excluding hydrogens is 174 g/mol. The maximum absolute atomic E-state index is 11.9. The fourth-order valence-electron chi connectivity index (χ4n) is 1.85. The van der Waals surface area contributed by atoms with Crippen molar-refractivity contribution < 1.29 is 4.79 Å². The monoisotopic (exact) mass is 193 g/mol. The first-order chi connectivity index (χ1) is 6.56. The summed E-state index contributed by atoms with van der Waals surface area (Å²) in [6, 6.07) is 2.15. The Morgan fingerprint density at radius 3 is 2.36 bits per heavy atom. The van der Waals surface area contributed by atoms with Crippen LogP contribution in [-0.2, 0) is 4.79 Å². The molecule has 0 aromatic heterocycles. The smallest absolute Gasteiger partial charge is 0.153 e. The first kappa shape index (κ1) is 11.2. The number of ketones is 1. The van der Waals surface area contributed by atoms with Gasteiger partial charge in [-0.3, -0.25) is 4.79 Å². The Labute approximate surface area is 86.3 Å². The molecular formula is C12H19NO. The maximum Gasteiger partial charge on any atom is 0.153 e. The second-order valence-corrected chi connectivity index (χ2v) is 4.84. The van der Waals surface area contributed by atoms with Crippen LogP contribution in [0.3, 0.4) is 0 Å². The average molecular weight is 193 g/mol. The predicted octanol–water partition coefficient (Wildman–Crippen LogP) is 2.79. The highest BCUT2D eigenvalue weighted by atomic mass is 16.1. The van der Waals surface area contributed by atoms with Gasteiger partial charge >= 0.3 is 0 Å². The number of Topliss-reactive ketones (excluding diaryl/α,β-unsaturated/α-hetero) is 1. The van der Waals surface area contributed by atoms with Gasteiger partial charge in [-0.2, -0.15) is 5.26 Å². The van der Waals surface area contributed by atoms with Crippen LogP contribution in [0.1, 0.15) is 40.0 Å². The third-order valence-electron chi connectivity index (χ3n) is 2.98. The lowest BCUT2D eigenvalue weighted by Crippen LogP contribution is -2.23. The summed E-state index contributed by atoms with van der Waals surface area (Å²) in [5.41, 5.74) is 0. The summed E-state index contributed by atoms with van der Waals surface area (Å²) in [4.78, 5) is 11.9. The molecule has 0 N–H and O–H groups in total. The number of carbonyl (C=O) groups is 1. The van der Waals surface area contributed by atoms with Crippen molar-refractivity contribution in [3.63, 3.8) is 0 Å². The first-order valence-corrected chi connectivity index (χ1v) is 5.49. The SMILES string of the molecule is CC(C)CC(C#N)C(=O)C(C)C1CC1. The molecule has 0 aromatic rings. The molecule has 1 fully saturated rings. The van der Waals surface area contributed by atoms with E-state index in [1.165, 1.54) is 12.8 Å². The summed E-state index contributed by atoms with van der Waals surface area (Å²) in [5, 5.41) is 8.93. The van der Waals surface area contributed by atoms with Crippen LogP contribution in [0.25, 0.3) is 0 Å². The lowest BCUT2D eigenvalue weighted by atomic mass is 9.86. The third-order valence-corrected chi connectivity index (χ3v) is 2.98. The van der Waals surface area contributed by atoms with Gasteiger partial charge in [-0.25, -0.2) is 0 Å². The van der Waals surface area contributed by atoms with Gasteiger partial charge in [-0.05, 0) is 31.1 Å². The van der Waals surface area contributed by atoms with Crippen LogP contribution >= 0.6 is 0 Å². The molecule has 1 aliphatic rings. The summed E-state index contributed by atoms with van der Waals surface area (Å²) in [6.07, 6.45) is 3.06. The quantitative estimate of drug-likeness (QED) is 0.673. The molecule has 2 unspecified atom stereocenters. The Morgan fingerprint density at radius 1 is 1.43 bits per heavy atom. The number of hydrogen-bond donors (Lipinski definition) is 0. The Morgan fingerprint density at radius 2 is 2.00 bits per heavy atom. The molecule has 0 bridgehead atoms. The van der Waals surface area contributed by atoms with Gasteiger partial charge < -0.3 is 0 Å². The summed E-state index contributed by atoms with van der Waals surface area (Å²) < 4.78 is 0. The Kier molecular flexibility index (Phi) is 3.69. The minimum Gasteiger partial charge on any atom is -0.298 e. The lowest BCUT2D eigenvalue weighted by Gasteiger charge is -2.15. The van der Waals surface area contributed by atoms with E-state index in [0.717, 1.165) is 0 Å². The molecule has 78 valence electrons. The van der Waals surface area contributed by atoms with E-state index in [0.29, 0.717) is 18.3 Å². The fraction of sp³-hybridized carbons (Fsp3) is 0.833. The third kappa shape index (κ3) is 2.83. The van der Waals surface area contributed by atoms with Crippen molar-refractivity contribution in [3.05, 3.63) is 0 Å². The summed E-state index contributed by atoms with van der Waals surface area (Å²) in [6.45, 7) is 6.09. The van der Waals surface area contributed by atoms with Crippen molar-refractivity contribution in [2.45, 2.75) is 40.0 Å². The molecule has 1 saturated carbocycles. The van der Waals surface area contributed by atoms with Crippen LogP contribution in [0.15, 0.2) is 0 Å². The van der Waals surface area contributed by atoms with Crippen molar-refractivity contribution >= 4 is 5.78 Å². The Hall–Kier alpha value is -0.840. The number of hydrogen-bond acceptors (Lipinski definition) is 2. The predicted molar refractivity (Wildman–Crippen MR) is 55.5 cm³/mol. The zero-order valence-electron chi connectivity index (χ0n) is 9.29. The van der Waals surface area contributed by atoms with Gasteiger partial charge in [0.2, 0.25) is 0 Å². The van der Waals surface area contributed by atoms with Gasteiger partial charge in [-0.15, -0.1) is 0 Å². The highest BCUT2D eigenvalue weighted by molar-refractivity contribution is 5.85. The Bertz CT molecular complexity index is 248. The van der Waals surface area contributed by atoms with E-state index in [-0.39, 0.29) is 17.6 Å². The van der Waals surface area contributed by atoms with Crippen LogP contribution in [0, 0.1) is 35.0 Å². The molecule has 0 aromatic carbocycles. The van der Waals surface area contributed by atoms with Crippen molar-refractivity contribution in [3.8, 4) is 6.07 Å². The number of nitriles is 1. The first-order valence-electron chi connectivity index (χ1n) is 5.49. The van der Waals surface area contributed by atoms with Crippen molar-refractivity contribution in [1.29, 1.82) is 5.26 Å². The highest BCUT2D eigenvalue weighted by Gasteiger charge is 2.35. The molecule has 2 atom stereocenters. The molecule has 0 aliphatic heterocycles. The molecule has 0 radical (unpaired) electrons. The van der Waals surface area contributed by atoms with Crippen molar-refractivity contribution in [1.82, 2.24) is 0 Å². The van der Waals surface area contributed by atoms with Gasteiger partial charge in [-0.1, -0.05) is 20.8 Å². The van der Waals surface area contributed by atoms with Gasteiger partial charge in [0.1, 0.15) is 5.92 Å². The van der Waals surface area contributed by atoms with E-state index < -0.39 is 0 Å². The molecule has 0 spiro atoms. The van der Waals surface area contributed by atoms with E-state index in [2.05, 4.69) is 19.9 Å². The van der Waals surface area contributed by atoms with Gasteiger partial charge in [0.15, 0.2) is 5.78 Å². The zero-order chi connectivity index (χ0) is 10.7. The number of carbonyl (C=O) groups excluding carboxylic acids is 1. The lowest BCUT2D eigenvalue weighted by molar-refractivity contribution is -0.125. The van der Waals surface area contributed by atoms with E-state index in [1.807, 2.05) is 6.92 Å². The molecule has 2 nitrogen and oxygen atoms in total. The highest BCUT2D eigenvalue weighted by Crippen LogP contribution is 2.38. The molecule has 1 aliphatic carbocycles. The molecule has 14 heavy (non-hydrogen) atoms. The summed E-state index contributed by atoms with van der Waals surface area (Å²) >= 11 is 0. The molecule has 1 rings (SSSR count). The van der Waals surface area contributed by atoms with Crippen molar-refractivity contribution in [2.75, 3.05) is 0 Å². The van der Waals surface area contributed by atoms with E-state index in [4.69, 9.17) is 5.26 Å². The fourth-order valence-corrected chi connectivity index (χ4v) is 1.85. The number of nitrogens with zero attached hydrogens (tertiary/aromatic N) is 1. The van der Waals surface area contributed by atoms with Gasteiger partial charge in [0.05, 0.1) is 6.07 Å². The van der Waals surface area contributed by atoms with Crippen LogP contribution in [0.4, 0.5) is 0 Å². The van der Waals surface area contributed by atoms with Gasteiger partial charge in [0.25, 0.3) is 0 Å². The number of rotatable bonds is 5. The standard InChI is InChI=1S/C12H19NO/c1-8(2)6-11(7-13)12(14)9(3)10-4-5-10/h8-11H,4-6H2,1-3H3. The van der Waals surface area contributed by atoms with Crippen LogP contribution in [0.2, 0.25) is 0 Å². The van der Waals surface area contributed by atoms with E-state index in [1.54, 1.807) is 0 Å². The minimum atomic E-state index is -0.370. The second-order valence-electron chi connectivity index (χ2n) is 4.84. The van der Waals surface area contributed by atoms with Crippen LogP contribution < -0.4 is 0 Å². The molecule has 0 saturated heterocycles. The molecule has 2 heteroatoms. The van der Waals surface area contributed by atoms with E-state index in [9.17, 15) is 4.79 Å². The summed E-state index contributed by atoms with van der Waals surface area (Å²) in [7, 11) is 0. The Balaban J connectivity index is 2.51. The largest absolute Gasteiger partial charge is 0.298 e.